The maximum Gasteiger partial charge on any atom is 0.352 e. The molecule has 0 aromatic heterocycles. The molecule has 1 amide bonds. The Morgan fingerprint density at radius 2 is 2.07 bits per heavy atom. The van der Waals surface area contributed by atoms with Crippen molar-refractivity contribution in [3.05, 3.63) is 34.8 Å². The first kappa shape index (κ1) is 21.5. The molecule has 0 saturated carbocycles. The van der Waals surface area contributed by atoms with Crippen molar-refractivity contribution in [1.82, 2.24) is 4.90 Å². The Bertz CT molecular complexity index is 910. The van der Waals surface area contributed by atoms with Crippen molar-refractivity contribution in [3.63, 3.8) is 0 Å². The maximum atomic E-state index is 12.1. The largest absolute Gasteiger partial charge is 0.477 e. The maximum absolute atomic E-state index is 12.1. The zero-order valence-corrected chi connectivity index (χ0v) is 16.9. The van der Waals surface area contributed by atoms with Crippen molar-refractivity contribution >= 4 is 49.3 Å². The van der Waals surface area contributed by atoms with Crippen molar-refractivity contribution in [2.75, 3.05) is 12.0 Å². The number of nitrogens with zero attached hydrogens (tertiary/aromatic N) is 1. The van der Waals surface area contributed by atoms with Crippen LogP contribution in [0, 0.1) is 0 Å². The molecule has 9 nitrogen and oxygen atoms in total. The van der Waals surface area contributed by atoms with Gasteiger partial charge in [-0.3, -0.25) is 9.69 Å². The Balaban J connectivity index is 0.000000465. The summed E-state index contributed by atoms with van der Waals surface area (Å²) in [5.41, 5.74) is 5.62. The monoisotopic (exact) mass is 436 g/mol. The van der Waals surface area contributed by atoms with Crippen LogP contribution in [-0.4, -0.2) is 59.2 Å². The van der Waals surface area contributed by atoms with E-state index in [1.807, 2.05) is 0 Å². The second-order valence-electron chi connectivity index (χ2n) is 6.25. The topological polar surface area (TPSA) is 144 Å². The van der Waals surface area contributed by atoms with Crippen molar-refractivity contribution in [3.8, 4) is 0 Å². The van der Waals surface area contributed by atoms with Gasteiger partial charge < -0.3 is 15.6 Å². The molecule has 0 spiro atoms. The summed E-state index contributed by atoms with van der Waals surface area (Å²) < 4.78 is 23.8. The highest BCUT2D eigenvalue weighted by Crippen LogP contribution is 2.45. The van der Waals surface area contributed by atoms with Crippen LogP contribution in [0.4, 0.5) is 0 Å². The molecule has 3 heterocycles. The van der Waals surface area contributed by atoms with Gasteiger partial charge in [0.2, 0.25) is 9.05 Å². The predicted molar refractivity (Wildman–Crippen MR) is 99.0 cm³/mol. The van der Waals surface area contributed by atoms with Gasteiger partial charge in [0.1, 0.15) is 22.4 Å². The van der Waals surface area contributed by atoms with Crippen LogP contribution in [0.25, 0.3) is 0 Å². The second-order valence-corrected chi connectivity index (χ2v) is 10.4. The molecule has 12 heteroatoms. The Morgan fingerprint density at radius 3 is 2.52 bits per heavy atom. The number of carbonyl (C=O) groups is 3. The molecule has 148 valence electrons. The number of hydrogen-bond acceptors (Lipinski definition) is 8. The number of esters is 1. The van der Waals surface area contributed by atoms with Crippen molar-refractivity contribution in [2.24, 2.45) is 5.73 Å². The summed E-state index contributed by atoms with van der Waals surface area (Å²) in [6.45, 7) is 3.21. The Kier molecular flexibility index (Phi) is 5.81. The highest BCUT2D eigenvalue weighted by Gasteiger charge is 2.59. The zero-order valence-electron chi connectivity index (χ0n) is 14.6. The van der Waals surface area contributed by atoms with Crippen LogP contribution in [-0.2, 0) is 28.2 Å². The number of aliphatic carboxylic acids is 1. The number of rotatable bonds is 2. The number of amides is 1. The Labute approximate surface area is 164 Å². The Morgan fingerprint density at radius 1 is 1.52 bits per heavy atom. The van der Waals surface area contributed by atoms with Crippen LogP contribution < -0.4 is 5.73 Å². The van der Waals surface area contributed by atoms with Crippen LogP contribution in [0.3, 0.4) is 0 Å². The lowest BCUT2D eigenvalue weighted by Gasteiger charge is -2.53. The minimum absolute atomic E-state index is 0.0989. The first-order chi connectivity index (χ1) is 12.2. The highest BCUT2D eigenvalue weighted by atomic mass is 35.7. The number of thioether (sulfide) groups is 1. The minimum atomic E-state index is -3.19. The molecule has 27 heavy (non-hydrogen) atoms. The van der Waals surface area contributed by atoms with Gasteiger partial charge in [0, 0.05) is 22.0 Å². The lowest BCUT2D eigenvalue weighted by Crippen LogP contribution is -2.76. The van der Waals surface area contributed by atoms with E-state index in [9.17, 15) is 27.9 Å². The van der Waals surface area contributed by atoms with Gasteiger partial charge in [-0.15, -0.1) is 11.8 Å². The van der Waals surface area contributed by atoms with Crippen LogP contribution in [0.2, 0.25) is 0 Å². The van der Waals surface area contributed by atoms with Crippen LogP contribution in [0.15, 0.2) is 34.8 Å². The number of hydrogen-bond donors (Lipinski definition) is 2. The van der Waals surface area contributed by atoms with Gasteiger partial charge in [-0.25, -0.2) is 18.0 Å². The van der Waals surface area contributed by atoms with Crippen molar-refractivity contribution < 1.29 is 32.6 Å². The predicted octanol–water partition coefficient (Wildman–Crippen LogP) is 0.529. The van der Waals surface area contributed by atoms with Crippen LogP contribution in [0.1, 0.15) is 13.8 Å². The first-order valence-electron chi connectivity index (χ1n) is 7.46. The van der Waals surface area contributed by atoms with Crippen molar-refractivity contribution in [1.29, 1.82) is 0 Å². The number of allylic oxidation sites excluding steroid dienone is 2. The van der Waals surface area contributed by atoms with E-state index >= 15 is 0 Å². The minimum Gasteiger partial charge on any atom is -0.477 e. The molecule has 2 atom stereocenters. The van der Waals surface area contributed by atoms with E-state index in [1.165, 1.54) is 28.8 Å². The fourth-order valence-corrected chi connectivity index (χ4v) is 3.97. The Hall–Kier alpha value is -1.82. The number of ether oxygens (including phenoxy) is 1. The molecule has 0 aliphatic carbocycles. The van der Waals surface area contributed by atoms with E-state index in [0.29, 0.717) is 16.9 Å². The molecule has 0 aromatic carbocycles. The summed E-state index contributed by atoms with van der Waals surface area (Å²) >= 11 is 1.39. The van der Waals surface area contributed by atoms with E-state index in [0.717, 1.165) is 6.26 Å². The number of carbonyl (C=O) groups excluding carboxylic acids is 2. The van der Waals surface area contributed by atoms with Crippen molar-refractivity contribution in [2.45, 2.75) is 24.8 Å². The summed E-state index contributed by atoms with van der Waals surface area (Å²) in [5.74, 6) is -1.44. The molecule has 0 bridgehead atoms. The number of fused-ring (bicyclic) bond motifs is 1. The molecule has 1 saturated heterocycles. The van der Waals surface area contributed by atoms with Gasteiger partial charge in [-0.05, 0) is 31.6 Å². The van der Waals surface area contributed by atoms with Gasteiger partial charge >= 0.3 is 11.9 Å². The fourth-order valence-electron chi connectivity index (χ4n) is 2.61. The van der Waals surface area contributed by atoms with E-state index in [-0.39, 0.29) is 11.5 Å². The lowest BCUT2D eigenvalue weighted by atomic mass is 9.89. The molecule has 0 aromatic rings. The highest BCUT2D eigenvalue weighted by molar-refractivity contribution is 8.13. The molecular formula is C15H17ClN2O7S2. The van der Waals surface area contributed by atoms with Crippen LogP contribution >= 0.6 is 22.4 Å². The SMILES string of the molecule is CC1=C/C(=C\C2=C(C(=O)O)N3C(=O)[C@@](C)(N)[C@@H]3SC2)OC1=O.CS(=O)(=O)Cl. The average molecular weight is 437 g/mol. The summed E-state index contributed by atoms with van der Waals surface area (Å²) in [6, 6.07) is 0. The number of β-lactam (4-membered cyclic amide) rings is 1. The molecule has 0 unspecified atom stereocenters. The van der Waals surface area contributed by atoms with E-state index in [4.69, 9.17) is 10.5 Å². The summed E-state index contributed by atoms with van der Waals surface area (Å²) in [7, 11) is 1.31. The molecule has 3 aliphatic rings. The molecule has 3 rings (SSSR count). The fraction of sp³-hybridized carbons (Fsp3) is 0.400. The molecule has 3 N–H and O–H groups in total. The third-order valence-corrected chi connectivity index (χ3v) is 5.27. The van der Waals surface area contributed by atoms with E-state index in [1.54, 1.807) is 13.8 Å². The first-order valence-corrected chi connectivity index (χ1v) is 11.2. The van der Waals surface area contributed by atoms with Gasteiger partial charge in [-0.2, -0.15) is 0 Å². The van der Waals surface area contributed by atoms with E-state index < -0.39 is 37.8 Å². The number of nitrogens with two attached hydrogens (primary N) is 1. The number of halogens is 1. The second kappa shape index (κ2) is 7.30. The normalized spacial score (nSPS) is 28.8. The zero-order chi connectivity index (χ0) is 20.7. The molecule has 0 radical (unpaired) electrons. The number of carboxylic acids is 1. The van der Waals surface area contributed by atoms with Gasteiger partial charge in [0.05, 0.1) is 6.26 Å². The summed E-state index contributed by atoms with van der Waals surface area (Å²) in [4.78, 5) is 36.2. The lowest BCUT2D eigenvalue weighted by molar-refractivity contribution is -0.153. The summed E-state index contributed by atoms with van der Waals surface area (Å²) in [6.07, 6.45) is 3.95. The van der Waals surface area contributed by atoms with Gasteiger partial charge in [0.25, 0.3) is 5.91 Å². The number of carboxylic acid groups (broad SMARTS) is 1. The number of cyclic esters (lactones) is 1. The van der Waals surface area contributed by atoms with E-state index in [2.05, 4.69) is 10.7 Å². The average Bonchev–Trinajstić information content (AvgIpc) is 2.82. The quantitative estimate of drug-likeness (QED) is 0.359. The smallest absolute Gasteiger partial charge is 0.352 e. The molecule has 1 fully saturated rings. The standard InChI is InChI=1S/C14H14N2O5S.CH3ClO2S/c1-6-3-8(21-11(6)19)4-7-5-22-13-14(2,15)12(20)16(13)9(7)10(17)18;1-5(2,3)4/h3-4,13H,5,15H2,1-2H3,(H,17,18);1H3/b8-4+;/t13-,14+;/m0./s1. The third kappa shape index (κ3) is 4.54. The summed E-state index contributed by atoms with van der Waals surface area (Å²) in [5, 5.41) is 9.05. The third-order valence-electron chi connectivity index (χ3n) is 3.78. The van der Waals surface area contributed by atoms with Gasteiger partial charge in [-0.1, -0.05) is 0 Å². The molecule has 3 aliphatic heterocycles. The van der Waals surface area contributed by atoms with Gasteiger partial charge in [0.15, 0.2) is 0 Å². The molecular weight excluding hydrogens is 420 g/mol. The van der Waals surface area contributed by atoms with Crippen LogP contribution in [0.5, 0.6) is 0 Å².